The number of rotatable bonds is 7. The quantitative estimate of drug-likeness (QED) is 0.777. The molecule has 1 N–H and O–H groups in total. The number of carbonyl (C=O) groups is 1. The zero-order chi connectivity index (χ0) is 20.2. The van der Waals surface area contributed by atoms with Crippen molar-refractivity contribution >= 4 is 5.91 Å². The van der Waals surface area contributed by atoms with Crippen molar-refractivity contribution in [1.29, 1.82) is 0 Å². The van der Waals surface area contributed by atoms with Crippen molar-refractivity contribution in [2.45, 2.75) is 71.5 Å². The number of aromatic nitrogens is 2. The summed E-state index contributed by atoms with van der Waals surface area (Å²) in [6.45, 7) is 8.18. The fourth-order valence-electron chi connectivity index (χ4n) is 4.67. The Labute approximate surface area is 174 Å². The number of hydrogen-bond donors (Lipinski definition) is 1. The fourth-order valence-corrected chi connectivity index (χ4v) is 4.67. The number of fused-ring (bicyclic) bond motifs is 1. The number of amides is 1. The van der Waals surface area contributed by atoms with Crippen molar-refractivity contribution in [2.24, 2.45) is 5.92 Å². The summed E-state index contributed by atoms with van der Waals surface area (Å²) in [5, 5.41) is 8.06. The van der Waals surface area contributed by atoms with E-state index in [1.807, 2.05) is 0 Å². The third-order valence-corrected chi connectivity index (χ3v) is 6.22. The lowest BCUT2D eigenvalue weighted by molar-refractivity contribution is 0.0929. The van der Waals surface area contributed by atoms with Gasteiger partial charge in [-0.2, -0.15) is 5.10 Å². The molecule has 5 nitrogen and oxygen atoms in total. The van der Waals surface area contributed by atoms with Crippen LogP contribution in [0.2, 0.25) is 0 Å². The average Bonchev–Trinajstić information content (AvgIpc) is 3.35. The monoisotopic (exact) mass is 394 g/mol. The Kier molecular flexibility index (Phi) is 6.34. The van der Waals surface area contributed by atoms with Gasteiger partial charge in [0.05, 0.1) is 0 Å². The summed E-state index contributed by atoms with van der Waals surface area (Å²) < 4.78 is 2.11. The highest BCUT2D eigenvalue weighted by atomic mass is 16.2. The van der Waals surface area contributed by atoms with Gasteiger partial charge in [-0.05, 0) is 30.7 Å². The normalized spacial score (nSPS) is 17.6. The lowest BCUT2D eigenvalue weighted by Crippen LogP contribution is -2.36. The summed E-state index contributed by atoms with van der Waals surface area (Å²) in [4.78, 5) is 15.5. The second-order valence-corrected chi connectivity index (χ2v) is 9.07. The standard InChI is InChI=1S/C24H34N4O/c1-18(2)16-28-22-13-15-27(14-12-19-8-4-3-5-9-19)17-21(22)23(26-28)24(29)25-20-10-6-7-11-20/h3-5,8-9,18,20H,6-7,10-17H2,1-2H3,(H,25,29). The molecule has 0 bridgehead atoms. The molecule has 1 aliphatic carbocycles. The molecule has 0 radical (unpaired) electrons. The third kappa shape index (κ3) is 4.89. The van der Waals surface area contributed by atoms with E-state index in [-0.39, 0.29) is 5.91 Å². The van der Waals surface area contributed by atoms with Gasteiger partial charge in [0.1, 0.15) is 0 Å². The predicted octanol–water partition coefficient (Wildman–Crippen LogP) is 3.81. The molecular weight excluding hydrogens is 360 g/mol. The molecule has 29 heavy (non-hydrogen) atoms. The van der Waals surface area contributed by atoms with Crippen LogP contribution in [0, 0.1) is 5.92 Å². The maximum absolute atomic E-state index is 13.1. The average molecular weight is 395 g/mol. The molecule has 4 rings (SSSR count). The summed E-state index contributed by atoms with van der Waals surface area (Å²) >= 11 is 0. The maximum atomic E-state index is 13.1. The largest absolute Gasteiger partial charge is 0.348 e. The van der Waals surface area contributed by atoms with Gasteiger partial charge in [0.25, 0.3) is 5.91 Å². The van der Waals surface area contributed by atoms with E-state index in [1.165, 1.54) is 24.1 Å². The first-order chi connectivity index (χ1) is 14.1. The highest BCUT2D eigenvalue weighted by Gasteiger charge is 2.29. The van der Waals surface area contributed by atoms with Gasteiger partial charge in [0.2, 0.25) is 0 Å². The van der Waals surface area contributed by atoms with Gasteiger partial charge in [0, 0.05) is 49.9 Å². The lowest BCUT2D eigenvalue weighted by atomic mass is 10.0. The Morgan fingerprint density at radius 1 is 1.21 bits per heavy atom. The molecule has 2 heterocycles. The molecule has 0 saturated heterocycles. The van der Waals surface area contributed by atoms with Gasteiger partial charge in [-0.3, -0.25) is 14.4 Å². The van der Waals surface area contributed by atoms with Crippen LogP contribution in [0.4, 0.5) is 0 Å². The topological polar surface area (TPSA) is 50.2 Å². The van der Waals surface area contributed by atoms with Gasteiger partial charge in [-0.1, -0.05) is 57.0 Å². The summed E-state index contributed by atoms with van der Waals surface area (Å²) in [5.41, 5.74) is 4.46. The smallest absolute Gasteiger partial charge is 0.272 e. The van der Waals surface area contributed by atoms with Crippen LogP contribution in [0.25, 0.3) is 0 Å². The second-order valence-electron chi connectivity index (χ2n) is 9.07. The van der Waals surface area contributed by atoms with Crippen molar-refractivity contribution in [3.63, 3.8) is 0 Å². The van der Waals surface area contributed by atoms with E-state index < -0.39 is 0 Å². The molecule has 0 atom stereocenters. The molecule has 1 aliphatic heterocycles. The van der Waals surface area contributed by atoms with Crippen molar-refractivity contribution in [1.82, 2.24) is 20.0 Å². The van der Waals surface area contributed by atoms with Gasteiger partial charge < -0.3 is 5.32 Å². The summed E-state index contributed by atoms with van der Waals surface area (Å²) in [5.74, 6) is 0.543. The zero-order valence-electron chi connectivity index (χ0n) is 17.9. The molecular formula is C24H34N4O. The van der Waals surface area contributed by atoms with Gasteiger partial charge in [-0.25, -0.2) is 0 Å². The Morgan fingerprint density at radius 2 is 1.97 bits per heavy atom. The Balaban J connectivity index is 1.50. The summed E-state index contributed by atoms with van der Waals surface area (Å²) in [6, 6.07) is 11.0. The van der Waals surface area contributed by atoms with Crippen molar-refractivity contribution in [2.75, 3.05) is 13.1 Å². The van der Waals surface area contributed by atoms with Gasteiger partial charge >= 0.3 is 0 Å². The fraction of sp³-hybridized carbons (Fsp3) is 0.583. The van der Waals surface area contributed by atoms with Crippen molar-refractivity contribution in [3.05, 3.63) is 52.8 Å². The number of nitrogens with zero attached hydrogens (tertiary/aromatic N) is 3. The predicted molar refractivity (Wildman–Crippen MR) is 116 cm³/mol. The molecule has 1 saturated carbocycles. The van der Waals surface area contributed by atoms with Crippen LogP contribution < -0.4 is 5.32 Å². The van der Waals surface area contributed by atoms with E-state index in [9.17, 15) is 4.79 Å². The molecule has 2 aromatic rings. The number of nitrogens with one attached hydrogen (secondary N) is 1. The highest BCUT2D eigenvalue weighted by molar-refractivity contribution is 5.94. The van der Waals surface area contributed by atoms with Crippen LogP contribution in [-0.4, -0.2) is 39.7 Å². The van der Waals surface area contributed by atoms with Gasteiger partial charge in [0.15, 0.2) is 5.69 Å². The van der Waals surface area contributed by atoms with Crippen LogP contribution in [0.5, 0.6) is 0 Å². The van der Waals surface area contributed by atoms with Gasteiger partial charge in [-0.15, -0.1) is 0 Å². The number of carbonyl (C=O) groups excluding carboxylic acids is 1. The van der Waals surface area contributed by atoms with Crippen LogP contribution in [-0.2, 0) is 25.9 Å². The first-order valence-corrected chi connectivity index (χ1v) is 11.3. The third-order valence-electron chi connectivity index (χ3n) is 6.22. The Bertz CT molecular complexity index is 821. The first-order valence-electron chi connectivity index (χ1n) is 11.3. The van der Waals surface area contributed by atoms with E-state index in [0.717, 1.165) is 57.4 Å². The molecule has 1 amide bonds. The lowest BCUT2D eigenvalue weighted by Gasteiger charge is -2.28. The molecule has 0 spiro atoms. The van der Waals surface area contributed by atoms with Crippen LogP contribution in [0.3, 0.4) is 0 Å². The molecule has 1 aromatic heterocycles. The Morgan fingerprint density at radius 3 is 2.69 bits per heavy atom. The highest BCUT2D eigenvalue weighted by Crippen LogP contribution is 2.25. The first kappa shape index (κ1) is 20.1. The molecule has 1 aromatic carbocycles. The number of hydrogen-bond acceptors (Lipinski definition) is 3. The van der Waals surface area contributed by atoms with E-state index in [2.05, 4.69) is 59.1 Å². The summed E-state index contributed by atoms with van der Waals surface area (Å²) in [7, 11) is 0. The maximum Gasteiger partial charge on any atom is 0.272 e. The molecule has 5 heteroatoms. The SMILES string of the molecule is CC(C)Cn1nc(C(=O)NC2CCCC2)c2c1CCN(CCc1ccccc1)C2. The van der Waals surface area contributed by atoms with Crippen LogP contribution >= 0.6 is 0 Å². The molecule has 156 valence electrons. The minimum atomic E-state index is 0.0283. The molecule has 0 unspecified atom stereocenters. The zero-order valence-corrected chi connectivity index (χ0v) is 17.9. The minimum absolute atomic E-state index is 0.0283. The van der Waals surface area contributed by atoms with Crippen molar-refractivity contribution < 1.29 is 4.79 Å². The Hall–Kier alpha value is -2.14. The molecule has 2 aliphatic rings. The minimum Gasteiger partial charge on any atom is -0.348 e. The van der Waals surface area contributed by atoms with Crippen LogP contribution in [0.1, 0.15) is 66.8 Å². The van der Waals surface area contributed by atoms with Crippen LogP contribution in [0.15, 0.2) is 30.3 Å². The summed E-state index contributed by atoms with van der Waals surface area (Å²) in [6.07, 6.45) is 6.66. The van der Waals surface area contributed by atoms with E-state index in [0.29, 0.717) is 17.7 Å². The van der Waals surface area contributed by atoms with E-state index >= 15 is 0 Å². The van der Waals surface area contributed by atoms with E-state index in [4.69, 9.17) is 5.10 Å². The number of benzene rings is 1. The second kappa shape index (κ2) is 9.12. The van der Waals surface area contributed by atoms with Crippen molar-refractivity contribution in [3.8, 4) is 0 Å². The van der Waals surface area contributed by atoms with E-state index in [1.54, 1.807) is 0 Å². The molecule has 1 fully saturated rings.